The molecule has 0 aromatic heterocycles. The zero-order valence-electron chi connectivity index (χ0n) is 32.9. The molecule has 0 N–H and O–H groups in total. The van der Waals surface area contributed by atoms with Crippen LogP contribution in [0.2, 0.25) is 0 Å². The Kier molecular flexibility index (Phi) is 14.0. The number of aryl methyl sites for hydroxylation is 3. The fourth-order valence-electron chi connectivity index (χ4n) is 9.31. The summed E-state index contributed by atoms with van der Waals surface area (Å²) in [6, 6.07) is 35.7. The lowest BCUT2D eigenvalue weighted by Crippen LogP contribution is -2.14. The standard InChI is InChI=1S/2C13H18.2C12H16/c2*1-10(2)12-9-5-7-11-6-3-4-8-13(11)12;1-9(2)12-7-10-5-3-4-6-11(10)8-12;1-9(2)11-8-7-10-5-3-4-6-12(10)11/h2*3-4,6,8,10,12H,5,7,9H2,1-2H3;3-6,9,12H,7-8H2,1-2H3;3-6,9,11H,7-8H2,1-2H3. The second-order valence-corrected chi connectivity index (χ2v) is 17.2. The first-order chi connectivity index (χ1) is 24.1. The molecule has 0 heterocycles. The van der Waals surface area contributed by atoms with Crippen molar-refractivity contribution >= 4 is 0 Å². The van der Waals surface area contributed by atoms with Gasteiger partial charge in [-0.1, -0.05) is 152 Å². The van der Waals surface area contributed by atoms with Crippen LogP contribution < -0.4 is 0 Å². The third-order valence-electron chi connectivity index (χ3n) is 12.5. The molecule has 0 spiro atoms. The Morgan fingerprint density at radius 2 is 0.680 bits per heavy atom. The fourth-order valence-corrected chi connectivity index (χ4v) is 9.31. The first-order valence-corrected chi connectivity index (χ1v) is 20.4. The lowest BCUT2D eigenvalue weighted by atomic mass is 9.77. The Labute approximate surface area is 307 Å². The van der Waals surface area contributed by atoms with Crippen LogP contribution in [-0.4, -0.2) is 0 Å². The highest BCUT2D eigenvalue weighted by Crippen LogP contribution is 2.39. The Morgan fingerprint density at radius 3 is 1.04 bits per heavy atom. The van der Waals surface area contributed by atoms with Crippen molar-refractivity contribution in [3.8, 4) is 0 Å². The molecule has 4 aliphatic carbocycles. The Bertz CT molecular complexity index is 1520. The van der Waals surface area contributed by atoms with E-state index in [1.807, 2.05) is 0 Å². The van der Waals surface area contributed by atoms with Gasteiger partial charge < -0.3 is 0 Å². The van der Waals surface area contributed by atoms with Crippen LogP contribution in [0.5, 0.6) is 0 Å². The van der Waals surface area contributed by atoms with Crippen LogP contribution in [0, 0.1) is 29.6 Å². The minimum absolute atomic E-state index is 0.793. The van der Waals surface area contributed by atoms with Crippen molar-refractivity contribution in [3.63, 3.8) is 0 Å². The van der Waals surface area contributed by atoms with Crippen LogP contribution in [0.25, 0.3) is 0 Å². The van der Waals surface area contributed by atoms with Crippen molar-refractivity contribution < 1.29 is 0 Å². The first-order valence-electron chi connectivity index (χ1n) is 20.4. The van der Waals surface area contributed by atoms with Crippen LogP contribution in [0.1, 0.15) is 150 Å². The summed E-state index contributed by atoms with van der Waals surface area (Å²) in [7, 11) is 0. The summed E-state index contributed by atoms with van der Waals surface area (Å²) in [4.78, 5) is 0. The topological polar surface area (TPSA) is 0 Å². The molecule has 0 aliphatic heterocycles. The summed E-state index contributed by atoms with van der Waals surface area (Å²) < 4.78 is 0. The Morgan fingerprint density at radius 1 is 0.360 bits per heavy atom. The van der Waals surface area contributed by atoms with Gasteiger partial charge in [-0.05, 0) is 156 Å². The molecule has 0 heteroatoms. The highest BCUT2D eigenvalue weighted by atomic mass is 14.3. The van der Waals surface area contributed by atoms with Gasteiger partial charge in [0.15, 0.2) is 0 Å². The number of benzene rings is 4. The summed E-state index contributed by atoms with van der Waals surface area (Å²) >= 11 is 0. The lowest BCUT2D eigenvalue weighted by molar-refractivity contribution is 0.404. The van der Waals surface area contributed by atoms with Crippen molar-refractivity contribution in [2.75, 3.05) is 0 Å². The highest BCUT2D eigenvalue weighted by molar-refractivity contribution is 5.36. The van der Waals surface area contributed by atoms with Crippen molar-refractivity contribution in [3.05, 3.63) is 142 Å². The van der Waals surface area contributed by atoms with Crippen molar-refractivity contribution in [2.24, 2.45) is 29.6 Å². The molecule has 50 heavy (non-hydrogen) atoms. The third-order valence-corrected chi connectivity index (χ3v) is 12.5. The van der Waals surface area contributed by atoms with Gasteiger partial charge in [0.05, 0.1) is 0 Å². The van der Waals surface area contributed by atoms with E-state index in [1.54, 1.807) is 44.5 Å². The molecule has 3 unspecified atom stereocenters. The van der Waals surface area contributed by atoms with Gasteiger partial charge in [-0.2, -0.15) is 0 Å². The zero-order valence-corrected chi connectivity index (χ0v) is 32.9. The summed E-state index contributed by atoms with van der Waals surface area (Å²) in [5.74, 6) is 6.55. The van der Waals surface area contributed by atoms with Gasteiger partial charge in [-0.3, -0.25) is 0 Å². The number of hydrogen-bond donors (Lipinski definition) is 0. The maximum absolute atomic E-state index is 2.34. The minimum Gasteiger partial charge on any atom is -0.0625 e. The molecule has 0 saturated carbocycles. The normalized spacial score (nSPS) is 20.4. The Balaban J connectivity index is 0.000000130. The van der Waals surface area contributed by atoms with Crippen molar-refractivity contribution in [2.45, 2.75) is 137 Å². The molecule has 268 valence electrons. The summed E-state index contributed by atoms with van der Waals surface area (Å²) in [6.07, 6.45) is 13.3. The smallest absolute Gasteiger partial charge is 0.0133 e. The van der Waals surface area contributed by atoms with E-state index in [0.717, 1.165) is 47.3 Å². The Hall–Kier alpha value is -3.12. The first kappa shape index (κ1) is 38.1. The molecule has 3 atom stereocenters. The van der Waals surface area contributed by atoms with Gasteiger partial charge >= 0.3 is 0 Å². The predicted octanol–water partition coefficient (Wildman–Crippen LogP) is 14.0. The van der Waals surface area contributed by atoms with Gasteiger partial charge in [-0.25, -0.2) is 0 Å². The average molecular weight is 669 g/mol. The number of rotatable bonds is 4. The maximum Gasteiger partial charge on any atom is -0.0133 e. The highest BCUT2D eigenvalue weighted by Gasteiger charge is 2.25. The van der Waals surface area contributed by atoms with Crippen LogP contribution in [-0.2, 0) is 32.1 Å². The van der Waals surface area contributed by atoms with Gasteiger partial charge in [-0.15, -0.1) is 0 Å². The molecular formula is C50H68. The number of hydrogen-bond acceptors (Lipinski definition) is 0. The zero-order chi connectivity index (χ0) is 35.6. The molecule has 4 aliphatic rings. The summed E-state index contributed by atoms with van der Waals surface area (Å²) in [5, 5.41) is 0. The second-order valence-electron chi connectivity index (χ2n) is 17.2. The van der Waals surface area contributed by atoms with Crippen LogP contribution in [0.15, 0.2) is 97.1 Å². The van der Waals surface area contributed by atoms with E-state index >= 15 is 0 Å². The molecule has 0 saturated heterocycles. The van der Waals surface area contributed by atoms with Gasteiger partial charge in [0.1, 0.15) is 0 Å². The molecule has 8 rings (SSSR count). The van der Waals surface area contributed by atoms with Crippen molar-refractivity contribution in [1.82, 2.24) is 0 Å². The number of fused-ring (bicyclic) bond motifs is 4. The quantitative estimate of drug-likeness (QED) is 0.203. The van der Waals surface area contributed by atoms with E-state index in [0.29, 0.717) is 0 Å². The SMILES string of the molecule is CC(C)C1CCCc2ccccc21.CC(C)C1CCCc2ccccc21.CC(C)C1CCc2ccccc21.CC(C)C1Cc2ccccc2C1. The van der Waals surface area contributed by atoms with E-state index in [4.69, 9.17) is 0 Å². The van der Waals surface area contributed by atoms with E-state index < -0.39 is 0 Å². The summed E-state index contributed by atoms with van der Waals surface area (Å²) in [6.45, 7) is 18.7. The van der Waals surface area contributed by atoms with E-state index in [9.17, 15) is 0 Å². The van der Waals surface area contributed by atoms with Crippen LogP contribution >= 0.6 is 0 Å². The lowest BCUT2D eigenvalue weighted by Gasteiger charge is -2.28. The maximum atomic E-state index is 2.34. The largest absolute Gasteiger partial charge is 0.0625 e. The van der Waals surface area contributed by atoms with Crippen LogP contribution in [0.4, 0.5) is 0 Å². The molecule has 0 nitrogen and oxygen atoms in total. The molecule has 4 aromatic carbocycles. The van der Waals surface area contributed by atoms with E-state index in [-0.39, 0.29) is 0 Å². The minimum atomic E-state index is 0.793. The van der Waals surface area contributed by atoms with Gasteiger partial charge in [0.2, 0.25) is 0 Å². The fraction of sp³-hybridized carbons (Fsp3) is 0.520. The molecular weight excluding hydrogens is 601 g/mol. The van der Waals surface area contributed by atoms with Gasteiger partial charge in [0.25, 0.3) is 0 Å². The predicted molar refractivity (Wildman–Crippen MR) is 218 cm³/mol. The summed E-state index contributed by atoms with van der Waals surface area (Å²) in [5.41, 5.74) is 12.8. The van der Waals surface area contributed by atoms with Gasteiger partial charge in [0, 0.05) is 0 Å². The molecule has 4 aromatic rings. The van der Waals surface area contributed by atoms with E-state index in [1.165, 1.54) is 64.2 Å². The van der Waals surface area contributed by atoms with Crippen LogP contribution in [0.3, 0.4) is 0 Å². The molecule has 0 bridgehead atoms. The molecule has 0 radical (unpaired) electrons. The third kappa shape index (κ3) is 9.80. The average Bonchev–Trinajstić information content (AvgIpc) is 3.77. The monoisotopic (exact) mass is 669 g/mol. The van der Waals surface area contributed by atoms with E-state index in [2.05, 4.69) is 152 Å². The molecule has 0 amide bonds. The second kappa shape index (κ2) is 18.4. The van der Waals surface area contributed by atoms with Crippen molar-refractivity contribution in [1.29, 1.82) is 0 Å². The molecule has 0 fully saturated rings.